The van der Waals surface area contributed by atoms with Gasteiger partial charge in [0.2, 0.25) is 5.91 Å². The van der Waals surface area contributed by atoms with Crippen molar-refractivity contribution in [3.63, 3.8) is 0 Å². The highest BCUT2D eigenvalue weighted by Crippen LogP contribution is 2.13. The number of hydrogen-bond donors (Lipinski definition) is 3. The maximum atomic E-state index is 11.8. The van der Waals surface area contributed by atoms with Crippen LogP contribution in [0.3, 0.4) is 0 Å². The number of anilines is 2. The van der Waals surface area contributed by atoms with Crippen LogP contribution in [0.25, 0.3) is 5.95 Å². The van der Waals surface area contributed by atoms with Crippen molar-refractivity contribution >= 4 is 23.5 Å². The zero-order chi connectivity index (χ0) is 21.5. The maximum Gasteiger partial charge on any atom is 0.303 e. The minimum Gasteiger partial charge on any atom is -0.481 e. The summed E-state index contributed by atoms with van der Waals surface area (Å²) in [4.78, 5) is 22.3. The molecule has 1 amide bonds. The average Bonchev–Trinajstić information content (AvgIpc) is 3.05. The third-order valence-electron chi connectivity index (χ3n) is 4.32. The van der Waals surface area contributed by atoms with Crippen LogP contribution in [0.2, 0.25) is 0 Å². The molecule has 0 atom stereocenters. The second-order valence-electron chi connectivity index (χ2n) is 6.90. The van der Waals surface area contributed by atoms with E-state index in [2.05, 4.69) is 31.0 Å². The minimum atomic E-state index is -0.904. The Hall–Kier alpha value is -3.82. The molecule has 3 aromatic rings. The van der Waals surface area contributed by atoms with E-state index >= 15 is 0 Å². The number of carbonyl (C=O) groups is 2. The van der Waals surface area contributed by atoms with Crippen LogP contribution < -0.4 is 10.6 Å². The van der Waals surface area contributed by atoms with Crippen molar-refractivity contribution in [3.8, 4) is 5.95 Å². The van der Waals surface area contributed by atoms with Gasteiger partial charge in [-0.05, 0) is 49.6 Å². The molecule has 2 heterocycles. The Morgan fingerprint density at radius 3 is 2.33 bits per heavy atom. The number of hydrogen-bond acceptors (Lipinski definition) is 7. The van der Waals surface area contributed by atoms with E-state index in [-0.39, 0.29) is 18.7 Å². The number of aryl methyl sites for hydroxylation is 2. The Labute approximate surface area is 173 Å². The molecule has 1 aromatic carbocycles. The fourth-order valence-corrected chi connectivity index (χ4v) is 2.86. The Morgan fingerprint density at radius 2 is 1.73 bits per heavy atom. The molecule has 30 heavy (non-hydrogen) atoms. The van der Waals surface area contributed by atoms with Crippen molar-refractivity contribution in [1.82, 2.24) is 25.0 Å². The number of carboxylic acid groups (broad SMARTS) is 1. The quantitative estimate of drug-likeness (QED) is 0.490. The highest BCUT2D eigenvalue weighted by molar-refractivity contribution is 5.90. The van der Waals surface area contributed by atoms with E-state index in [1.807, 2.05) is 42.8 Å². The first-order chi connectivity index (χ1) is 14.4. The molecule has 0 bridgehead atoms. The van der Waals surface area contributed by atoms with Crippen LogP contribution in [-0.4, -0.2) is 41.9 Å². The van der Waals surface area contributed by atoms with Crippen molar-refractivity contribution in [1.29, 1.82) is 0 Å². The molecule has 0 fully saturated rings. The van der Waals surface area contributed by atoms with Crippen LogP contribution in [0, 0.1) is 13.8 Å². The van der Waals surface area contributed by atoms with Crippen LogP contribution in [0.4, 0.5) is 11.6 Å². The number of benzene rings is 1. The molecule has 0 saturated carbocycles. The molecule has 10 nitrogen and oxygen atoms in total. The van der Waals surface area contributed by atoms with Gasteiger partial charge in [0.1, 0.15) is 0 Å². The van der Waals surface area contributed by atoms with Gasteiger partial charge in [0.25, 0.3) is 11.9 Å². The molecule has 156 valence electrons. The molecule has 0 aliphatic rings. The number of nitrogens with zero attached hydrogens (tertiary/aromatic N) is 5. The summed E-state index contributed by atoms with van der Waals surface area (Å²) in [5.74, 6) is -0.384. The van der Waals surface area contributed by atoms with Gasteiger partial charge < -0.3 is 15.7 Å². The lowest BCUT2D eigenvalue weighted by molar-refractivity contribution is -0.137. The molecule has 2 aromatic heterocycles. The third-order valence-corrected chi connectivity index (χ3v) is 4.32. The van der Waals surface area contributed by atoms with Gasteiger partial charge in [0, 0.05) is 37.0 Å². The van der Waals surface area contributed by atoms with Crippen molar-refractivity contribution in [2.75, 3.05) is 10.6 Å². The number of carbonyl (C=O) groups excluding carboxylic acids is 1. The van der Waals surface area contributed by atoms with Gasteiger partial charge in [-0.3, -0.25) is 14.2 Å². The van der Waals surface area contributed by atoms with Gasteiger partial charge in [-0.25, -0.2) is 0 Å². The van der Waals surface area contributed by atoms with Gasteiger partial charge in [-0.1, -0.05) is 12.1 Å². The predicted molar refractivity (Wildman–Crippen MR) is 110 cm³/mol. The molecule has 0 aliphatic carbocycles. The SMILES string of the molecule is Cc1cc(C)n(-c2nnc(NCc3ccc(NC(=O)CCCC(=O)O)cc3)nn2)c1. The highest BCUT2D eigenvalue weighted by Gasteiger charge is 2.08. The topological polar surface area (TPSA) is 135 Å². The summed E-state index contributed by atoms with van der Waals surface area (Å²) in [5.41, 5.74) is 3.73. The molecule has 0 spiro atoms. The van der Waals surface area contributed by atoms with Crippen molar-refractivity contribution < 1.29 is 14.7 Å². The Morgan fingerprint density at radius 1 is 1.03 bits per heavy atom. The van der Waals surface area contributed by atoms with Gasteiger partial charge in [-0.2, -0.15) is 0 Å². The number of carboxylic acids is 1. The maximum absolute atomic E-state index is 11.8. The number of aliphatic carboxylic acids is 1. The minimum absolute atomic E-state index is 0.0184. The lowest BCUT2D eigenvalue weighted by Crippen LogP contribution is -2.12. The van der Waals surface area contributed by atoms with Crippen molar-refractivity contribution in [2.24, 2.45) is 0 Å². The van der Waals surface area contributed by atoms with Gasteiger partial charge >= 0.3 is 5.97 Å². The van der Waals surface area contributed by atoms with Crippen LogP contribution in [0.5, 0.6) is 0 Å². The molecule has 0 saturated heterocycles. The Bertz CT molecular complexity index is 1010. The van der Waals surface area contributed by atoms with E-state index in [1.165, 1.54) is 0 Å². The monoisotopic (exact) mass is 409 g/mol. The van der Waals surface area contributed by atoms with Crippen molar-refractivity contribution in [2.45, 2.75) is 39.7 Å². The van der Waals surface area contributed by atoms with Crippen LogP contribution in [-0.2, 0) is 16.1 Å². The Balaban J connectivity index is 1.49. The standard InChI is InChI=1S/C20H23N7O3/c1-13-10-14(2)27(12-13)20-25-23-19(24-26-20)21-11-15-6-8-16(9-7-15)22-17(28)4-3-5-18(29)30/h6-10,12H,3-5,11H2,1-2H3,(H,22,28)(H,29,30)(H,21,23,24). The number of nitrogens with one attached hydrogen (secondary N) is 2. The zero-order valence-electron chi connectivity index (χ0n) is 16.8. The van der Waals surface area contributed by atoms with E-state index in [1.54, 1.807) is 12.1 Å². The van der Waals surface area contributed by atoms with E-state index in [4.69, 9.17) is 5.11 Å². The molecule has 10 heteroatoms. The molecular formula is C20H23N7O3. The highest BCUT2D eigenvalue weighted by atomic mass is 16.4. The summed E-state index contributed by atoms with van der Waals surface area (Å²) in [6.45, 7) is 4.43. The number of aromatic nitrogens is 5. The van der Waals surface area contributed by atoms with Crippen molar-refractivity contribution in [3.05, 3.63) is 53.3 Å². The second kappa shape index (κ2) is 9.59. The van der Waals surface area contributed by atoms with Crippen LogP contribution in [0.15, 0.2) is 36.5 Å². The zero-order valence-corrected chi connectivity index (χ0v) is 16.8. The van der Waals surface area contributed by atoms with E-state index < -0.39 is 5.97 Å². The van der Waals surface area contributed by atoms with E-state index in [0.717, 1.165) is 16.8 Å². The fourth-order valence-electron chi connectivity index (χ4n) is 2.86. The summed E-state index contributed by atoms with van der Waals surface area (Å²) in [6.07, 6.45) is 2.39. The molecule has 0 aliphatic heterocycles. The van der Waals surface area contributed by atoms with Crippen LogP contribution in [0.1, 0.15) is 36.1 Å². The summed E-state index contributed by atoms with van der Waals surface area (Å²) >= 11 is 0. The number of amides is 1. The smallest absolute Gasteiger partial charge is 0.303 e. The summed E-state index contributed by atoms with van der Waals surface area (Å²) in [5, 5.41) is 30.8. The summed E-state index contributed by atoms with van der Waals surface area (Å²) in [7, 11) is 0. The summed E-state index contributed by atoms with van der Waals surface area (Å²) in [6, 6.07) is 9.31. The second-order valence-corrected chi connectivity index (χ2v) is 6.90. The normalized spacial score (nSPS) is 10.6. The Kier molecular flexibility index (Phi) is 6.68. The lowest BCUT2D eigenvalue weighted by atomic mass is 10.2. The van der Waals surface area contributed by atoms with Gasteiger partial charge in [0.05, 0.1) is 0 Å². The first-order valence-electron chi connectivity index (χ1n) is 9.48. The molecule has 0 unspecified atom stereocenters. The fraction of sp³-hybridized carbons (Fsp3) is 0.300. The average molecular weight is 409 g/mol. The number of rotatable bonds is 9. The van der Waals surface area contributed by atoms with E-state index in [9.17, 15) is 9.59 Å². The molecule has 0 radical (unpaired) electrons. The molecular weight excluding hydrogens is 386 g/mol. The van der Waals surface area contributed by atoms with Gasteiger partial charge in [0.15, 0.2) is 0 Å². The van der Waals surface area contributed by atoms with E-state index in [0.29, 0.717) is 30.5 Å². The first kappa shape index (κ1) is 20.9. The van der Waals surface area contributed by atoms with Gasteiger partial charge in [-0.15, -0.1) is 20.4 Å². The van der Waals surface area contributed by atoms with Crippen LogP contribution >= 0.6 is 0 Å². The largest absolute Gasteiger partial charge is 0.481 e. The summed E-state index contributed by atoms with van der Waals surface area (Å²) < 4.78 is 1.83. The molecule has 3 N–H and O–H groups in total. The lowest BCUT2D eigenvalue weighted by Gasteiger charge is -2.08. The predicted octanol–water partition coefficient (Wildman–Crippen LogP) is 2.48. The molecule has 3 rings (SSSR count). The first-order valence-corrected chi connectivity index (χ1v) is 9.48. The third kappa shape index (κ3) is 5.84.